The van der Waals surface area contributed by atoms with Crippen molar-refractivity contribution in [3.63, 3.8) is 0 Å². The highest BCUT2D eigenvalue weighted by Gasteiger charge is 2.18. The van der Waals surface area contributed by atoms with E-state index in [1.54, 1.807) is 23.5 Å². The quantitative estimate of drug-likeness (QED) is 0.828. The van der Waals surface area contributed by atoms with Crippen molar-refractivity contribution < 1.29 is 8.42 Å². The van der Waals surface area contributed by atoms with E-state index in [0.717, 1.165) is 0 Å². The number of hydrogen-bond donors (Lipinski definition) is 2. The lowest BCUT2D eigenvalue weighted by Gasteiger charge is -2.14. The Hall–Kier alpha value is -1.57. The second-order valence-electron chi connectivity index (χ2n) is 4.90. The summed E-state index contributed by atoms with van der Waals surface area (Å²) in [7, 11) is -0.440. The molecule has 0 amide bonds. The van der Waals surface area contributed by atoms with Gasteiger partial charge in [-0.3, -0.25) is 0 Å². The maximum Gasteiger partial charge on any atom is 0.242 e. The number of nitrogens with zero attached hydrogens (tertiary/aromatic N) is 1. The highest BCUT2D eigenvalue weighted by Crippen LogP contribution is 2.25. The van der Waals surface area contributed by atoms with Crippen LogP contribution in [0.15, 0.2) is 35.2 Å². The molecule has 5 nitrogen and oxygen atoms in total. The van der Waals surface area contributed by atoms with Gasteiger partial charge in [-0.15, -0.1) is 11.3 Å². The molecule has 1 heterocycles. The van der Waals surface area contributed by atoms with E-state index in [2.05, 4.69) is 11.4 Å². The molecule has 0 bridgehead atoms. The zero-order chi connectivity index (χ0) is 15.6. The third-order valence-electron chi connectivity index (χ3n) is 3.05. The van der Waals surface area contributed by atoms with Crippen LogP contribution in [0.1, 0.15) is 9.75 Å². The maximum atomic E-state index is 12.1. The van der Waals surface area contributed by atoms with Crippen LogP contribution in [0.5, 0.6) is 0 Å². The normalized spacial score (nSPS) is 11.8. The second-order valence-corrected chi connectivity index (χ2v) is 8.43. The molecule has 7 heteroatoms. The Labute approximate surface area is 129 Å². The number of thiophene rings is 1. The van der Waals surface area contributed by atoms with Gasteiger partial charge < -0.3 is 11.1 Å². The molecule has 0 aliphatic heterocycles. The summed E-state index contributed by atoms with van der Waals surface area (Å²) in [6, 6.07) is 8.80. The maximum absolute atomic E-state index is 12.1. The SMILES string of the molecule is Cc1ccc(CNc2cc(S(=O)(=O)N(C)C)ccc2N)s1. The molecule has 2 rings (SSSR count). The molecule has 21 heavy (non-hydrogen) atoms. The first-order chi connectivity index (χ1) is 9.80. The molecule has 0 aliphatic carbocycles. The van der Waals surface area contributed by atoms with Gasteiger partial charge in [0.2, 0.25) is 10.0 Å². The molecule has 0 unspecified atom stereocenters. The van der Waals surface area contributed by atoms with E-state index in [4.69, 9.17) is 5.73 Å². The number of benzene rings is 1. The van der Waals surface area contributed by atoms with E-state index in [0.29, 0.717) is 17.9 Å². The summed E-state index contributed by atoms with van der Waals surface area (Å²) in [6.07, 6.45) is 0. The Morgan fingerprint density at radius 3 is 2.52 bits per heavy atom. The smallest absolute Gasteiger partial charge is 0.242 e. The lowest BCUT2D eigenvalue weighted by atomic mass is 10.2. The second kappa shape index (κ2) is 6.05. The third kappa shape index (κ3) is 3.55. The van der Waals surface area contributed by atoms with E-state index in [1.165, 1.54) is 34.2 Å². The van der Waals surface area contributed by atoms with Crippen molar-refractivity contribution in [2.75, 3.05) is 25.1 Å². The summed E-state index contributed by atoms with van der Waals surface area (Å²) >= 11 is 1.70. The van der Waals surface area contributed by atoms with Gasteiger partial charge in [0, 0.05) is 30.4 Å². The Bertz CT molecular complexity index is 736. The number of rotatable bonds is 5. The first-order valence-corrected chi connectivity index (χ1v) is 8.67. The Balaban J connectivity index is 2.24. The van der Waals surface area contributed by atoms with E-state index in [1.807, 2.05) is 13.0 Å². The van der Waals surface area contributed by atoms with Crippen LogP contribution in [0, 0.1) is 6.92 Å². The lowest BCUT2D eigenvalue weighted by Crippen LogP contribution is -2.22. The molecule has 0 spiro atoms. The van der Waals surface area contributed by atoms with Crippen molar-refractivity contribution in [2.24, 2.45) is 0 Å². The van der Waals surface area contributed by atoms with Crippen LogP contribution < -0.4 is 11.1 Å². The van der Waals surface area contributed by atoms with Gasteiger partial charge in [0.1, 0.15) is 0 Å². The van der Waals surface area contributed by atoms with Crippen LogP contribution in [0.2, 0.25) is 0 Å². The zero-order valence-electron chi connectivity index (χ0n) is 12.3. The Morgan fingerprint density at radius 2 is 1.95 bits per heavy atom. The molecule has 1 aromatic heterocycles. The van der Waals surface area contributed by atoms with E-state index in [-0.39, 0.29) is 4.90 Å². The molecule has 0 fully saturated rings. The summed E-state index contributed by atoms with van der Waals surface area (Å²) in [6.45, 7) is 2.67. The van der Waals surface area contributed by atoms with Gasteiger partial charge >= 0.3 is 0 Å². The predicted molar refractivity (Wildman–Crippen MR) is 88.1 cm³/mol. The van der Waals surface area contributed by atoms with E-state index < -0.39 is 10.0 Å². The predicted octanol–water partition coefficient (Wildman–Crippen LogP) is 2.50. The molecular weight excluding hydrogens is 306 g/mol. The summed E-state index contributed by atoms with van der Waals surface area (Å²) in [4.78, 5) is 2.64. The van der Waals surface area contributed by atoms with Crippen LogP contribution in [0.3, 0.4) is 0 Å². The monoisotopic (exact) mass is 325 g/mol. The number of aryl methyl sites for hydroxylation is 1. The average molecular weight is 325 g/mol. The number of nitrogens with one attached hydrogen (secondary N) is 1. The van der Waals surface area contributed by atoms with Crippen molar-refractivity contribution in [1.29, 1.82) is 0 Å². The minimum Gasteiger partial charge on any atom is -0.397 e. The van der Waals surface area contributed by atoms with Crippen LogP contribution in [0.25, 0.3) is 0 Å². The fraction of sp³-hybridized carbons (Fsp3) is 0.286. The minimum atomic E-state index is -3.45. The van der Waals surface area contributed by atoms with Gasteiger partial charge in [0.25, 0.3) is 0 Å². The van der Waals surface area contributed by atoms with Gasteiger partial charge in [0.15, 0.2) is 0 Å². The summed E-state index contributed by atoms with van der Waals surface area (Å²) in [5, 5.41) is 3.20. The van der Waals surface area contributed by atoms with Crippen molar-refractivity contribution >= 4 is 32.7 Å². The van der Waals surface area contributed by atoms with Crippen molar-refractivity contribution in [2.45, 2.75) is 18.4 Å². The molecule has 1 aromatic carbocycles. The van der Waals surface area contributed by atoms with E-state index in [9.17, 15) is 8.42 Å². The van der Waals surface area contributed by atoms with Crippen molar-refractivity contribution in [3.8, 4) is 0 Å². The number of sulfonamides is 1. The fourth-order valence-corrected chi connectivity index (χ4v) is 3.58. The first-order valence-electron chi connectivity index (χ1n) is 6.42. The number of nitrogens with two attached hydrogens (primary N) is 1. The number of hydrogen-bond acceptors (Lipinski definition) is 5. The minimum absolute atomic E-state index is 0.228. The molecule has 2 aromatic rings. The molecule has 0 radical (unpaired) electrons. The topological polar surface area (TPSA) is 75.4 Å². The highest BCUT2D eigenvalue weighted by atomic mass is 32.2. The molecule has 0 saturated carbocycles. The van der Waals surface area contributed by atoms with Crippen molar-refractivity contribution in [1.82, 2.24) is 4.31 Å². The molecule has 0 saturated heterocycles. The first kappa shape index (κ1) is 15.8. The van der Waals surface area contributed by atoms with Crippen LogP contribution in [-0.2, 0) is 16.6 Å². The Kier molecular flexibility index (Phi) is 4.55. The highest BCUT2D eigenvalue weighted by molar-refractivity contribution is 7.89. The van der Waals surface area contributed by atoms with Crippen LogP contribution >= 0.6 is 11.3 Å². The van der Waals surface area contributed by atoms with Crippen LogP contribution in [-0.4, -0.2) is 26.8 Å². The zero-order valence-corrected chi connectivity index (χ0v) is 13.9. The average Bonchev–Trinajstić information content (AvgIpc) is 2.83. The molecular formula is C14H19N3O2S2. The van der Waals surface area contributed by atoms with Gasteiger partial charge in [0.05, 0.1) is 16.3 Å². The standard InChI is InChI=1S/C14H19N3O2S2/c1-10-4-5-11(20-10)9-16-14-8-12(6-7-13(14)15)21(18,19)17(2)3/h4-8,16H,9,15H2,1-3H3. The third-order valence-corrected chi connectivity index (χ3v) is 5.86. The number of anilines is 2. The molecule has 114 valence electrons. The van der Waals surface area contributed by atoms with Crippen LogP contribution in [0.4, 0.5) is 11.4 Å². The summed E-state index contributed by atoms with van der Waals surface area (Å²) in [5.41, 5.74) is 7.07. The number of nitrogen functional groups attached to an aromatic ring is 1. The molecule has 0 atom stereocenters. The summed E-state index contributed by atoms with van der Waals surface area (Å²) in [5.74, 6) is 0. The Morgan fingerprint density at radius 1 is 1.24 bits per heavy atom. The van der Waals surface area contributed by atoms with E-state index >= 15 is 0 Å². The van der Waals surface area contributed by atoms with Crippen molar-refractivity contribution in [3.05, 3.63) is 40.1 Å². The van der Waals surface area contributed by atoms with Gasteiger partial charge in [-0.05, 0) is 37.3 Å². The van der Waals surface area contributed by atoms with Gasteiger partial charge in [-0.2, -0.15) is 0 Å². The van der Waals surface area contributed by atoms with Gasteiger partial charge in [-0.1, -0.05) is 0 Å². The summed E-state index contributed by atoms with van der Waals surface area (Å²) < 4.78 is 25.5. The lowest BCUT2D eigenvalue weighted by molar-refractivity contribution is 0.521. The molecule has 0 aliphatic rings. The molecule has 3 N–H and O–H groups in total. The largest absolute Gasteiger partial charge is 0.397 e. The van der Waals surface area contributed by atoms with Gasteiger partial charge in [-0.25, -0.2) is 12.7 Å². The fourth-order valence-electron chi connectivity index (χ4n) is 1.82.